The van der Waals surface area contributed by atoms with Crippen LogP contribution in [0.5, 0.6) is 0 Å². The molecule has 1 N–H and O–H groups in total. The lowest BCUT2D eigenvalue weighted by Gasteiger charge is -2.00. The first-order valence-electron chi connectivity index (χ1n) is 4.37. The highest BCUT2D eigenvalue weighted by Gasteiger charge is 2.11. The van der Waals surface area contributed by atoms with E-state index in [1.54, 1.807) is 13.0 Å². The predicted octanol–water partition coefficient (Wildman–Crippen LogP) is 1.79. The Labute approximate surface area is 99.2 Å². The van der Waals surface area contributed by atoms with E-state index in [1.165, 1.54) is 12.4 Å². The number of carbonyl (C=O) groups is 1. The summed E-state index contributed by atoms with van der Waals surface area (Å²) in [4.78, 5) is 19.5. The molecule has 2 rings (SSSR count). The first-order chi connectivity index (χ1) is 7.65. The van der Waals surface area contributed by atoms with Crippen LogP contribution in [0.15, 0.2) is 27.6 Å². The number of hydrogen-bond acceptors (Lipinski definition) is 5. The summed E-state index contributed by atoms with van der Waals surface area (Å²) in [7, 11) is 0. The molecule has 2 aromatic rings. The summed E-state index contributed by atoms with van der Waals surface area (Å²) in [5.41, 5.74) is 0.210. The second-order valence-electron chi connectivity index (χ2n) is 3.00. The lowest BCUT2D eigenvalue weighted by atomic mass is 10.3. The van der Waals surface area contributed by atoms with Crippen LogP contribution >= 0.6 is 15.9 Å². The summed E-state index contributed by atoms with van der Waals surface area (Å²) >= 11 is 3.15. The number of anilines is 1. The Morgan fingerprint density at radius 3 is 2.81 bits per heavy atom. The third kappa shape index (κ3) is 2.43. The zero-order valence-electron chi connectivity index (χ0n) is 8.27. The fraction of sp³-hybridized carbons (Fsp3) is 0.111. The molecule has 0 saturated heterocycles. The predicted molar refractivity (Wildman–Crippen MR) is 58.9 cm³/mol. The Hall–Kier alpha value is -1.76. The van der Waals surface area contributed by atoms with Crippen molar-refractivity contribution in [2.24, 2.45) is 0 Å². The van der Waals surface area contributed by atoms with Crippen molar-refractivity contribution in [3.05, 3.63) is 34.5 Å². The molecule has 82 valence electrons. The van der Waals surface area contributed by atoms with Gasteiger partial charge >= 0.3 is 0 Å². The van der Waals surface area contributed by atoms with Gasteiger partial charge in [-0.1, -0.05) is 5.16 Å². The molecule has 16 heavy (non-hydrogen) atoms. The molecule has 6 nitrogen and oxygen atoms in total. The van der Waals surface area contributed by atoms with Crippen LogP contribution in [-0.2, 0) is 0 Å². The molecule has 0 aliphatic carbocycles. The molecule has 0 bridgehead atoms. The summed E-state index contributed by atoms with van der Waals surface area (Å²) < 4.78 is 5.39. The summed E-state index contributed by atoms with van der Waals surface area (Å²) in [5.74, 6) is 0.550. The zero-order chi connectivity index (χ0) is 11.5. The Morgan fingerprint density at radius 2 is 2.25 bits per heavy atom. The van der Waals surface area contributed by atoms with Gasteiger partial charge in [-0.25, -0.2) is 9.97 Å². The number of nitrogens with one attached hydrogen (secondary N) is 1. The van der Waals surface area contributed by atoms with Crippen LogP contribution in [0.1, 0.15) is 16.2 Å². The Kier molecular flexibility index (Phi) is 2.95. The quantitative estimate of drug-likeness (QED) is 0.908. The largest absolute Gasteiger partial charge is 0.361 e. The van der Waals surface area contributed by atoms with E-state index in [1.807, 2.05) is 0 Å². The van der Waals surface area contributed by atoms with Crippen molar-refractivity contribution in [3.63, 3.8) is 0 Å². The van der Waals surface area contributed by atoms with E-state index in [4.69, 9.17) is 4.52 Å². The van der Waals surface area contributed by atoms with Gasteiger partial charge in [0.2, 0.25) is 0 Å². The first kappa shape index (κ1) is 10.7. The van der Waals surface area contributed by atoms with Crippen LogP contribution in [0.25, 0.3) is 0 Å². The van der Waals surface area contributed by atoms with Gasteiger partial charge in [0.15, 0.2) is 11.5 Å². The minimum Gasteiger partial charge on any atom is -0.361 e. The average Bonchev–Trinajstić information content (AvgIpc) is 2.68. The number of aryl methyl sites for hydroxylation is 1. The highest BCUT2D eigenvalue weighted by atomic mass is 79.9. The smallest absolute Gasteiger partial charge is 0.279 e. The Balaban J connectivity index is 2.10. The number of hydrogen-bond donors (Lipinski definition) is 1. The van der Waals surface area contributed by atoms with E-state index in [0.717, 1.165) is 0 Å². The molecule has 2 heterocycles. The van der Waals surface area contributed by atoms with Crippen LogP contribution in [-0.4, -0.2) is 21.0 Å². The van der Waals surface area contributed by atoms with Gasteiger partial charge in [0.25, 0.3) is 5.91 Å². The van der Waals surface area contributed by atoms with Gasteiger partial charge in [0, 0.05) is 6.07 Å². The maximum Gasteiger partial charge on any atom is 0.279 e. The number of nitrogens with zero attached hydrogens (tertiary/aromatic N) is 3. The average molecular weight is 283 g/mol. The molecule has 0 atom stereocenters. The summed E-state index contributed by atoms with van der Waals surface area (Å²) in [6, 6.07) is 1.54. The van der Waals surface area contributed by atoms with Crippen molar-refractivity contribution in [1.82, 2.24) is 15.1 Å². The van der Waals surface area contributed by atoms with Crippen molar-refractivity contribution in [2.45, 2.75) is 6.92 Å². The van der Waals surface area contributed by atoms with Gasteiger partial charge in [-0.3, -0.25) is 4.79 Å². The number of amides is 1. The molecule has 0 radical (unpaired) electrons. The molecule has 2 aromatic heterocycles. The van der Waals surface area contributed by atoms with Crippen LogP contribution < -0.4 is 5.32 Å². The van der Waals surface area contributed by atoms with E-state index in [9.17, 15) is 4.79 Å². The van der Waals surface area contributed by atoms with Crippen molar-refractivity contribution in [1.29, 1.82) is 0 Å². The lowest BCUT2D eigenvalue weighted by Crippen LogP contribution is -2.13. The van der Waals surface area contributed by atoms with Gasteiger partial charge in [-0.05, 0) is 22.9 Å². The molecule has 7 heteroatoms. The molecule has 1 amide bonds. The third-order valence-electron chi connectivity index (χ3n) is 1.72. The maximum absolute atomic E-state index is 11.6. The van der Waals surface area contributed by atoms with E-state index in [0.29, 0.717) is 16.2 Å². The van der Waals surface area contributed by atoms with E-state index in [-0.39, 0.29) is 11.6 Å². The van der Waals surface area contributed by atoms with Crippen molar-refractivity contribution < 1.29 is 9.32 Å². The number of aromatic nitrogens is 3. The molecule has 0 aliphatic heterocycles. The summed E-state index contributed by atoms with van der Waals surface area (Å²) in [5, 5.41) is 6.13. The minimum atomic E-state index is -0.381. The number of rotatable bonds is 2. The number of carbonyl (C=O) groups excluding carboxylic acids is 1. The van der Waals surface area contributed by atoms with E-state index in [2.05, 4.69) is 36.4 Å². The molecule has 0 fully saturated rings. The monoisotopic (exact) mass is 282 g/mol. The highest BCUT2D eigenvalue weighted by Crippen LogP contribution is 2.08. The van der Waals surface area contributed by atoms with Gasteiger partial charge in [0.1, 0.15) is 10.4 Å². The van der Waals surface area contributed by atoms with Crippen LogP contribution in [0, 0.1) is 6.92 Å². The second kappa shape index (κ2) is 4.40. The standard InChI is InChI=1S/C9H7BrN4O2/c1-5-2-6(14-16-5)9(15)13-8-4-11-7(10)3-12-8/h2-4H,1H3,(H,12,13,15). The van der Waals surface area contributed by atoms with Gasteiger partial charge < -0.3 is 9.84 Å². The van der Waals surface area contributed by atoms with Gasteiger partial charge in [-0.2, -0.15) is 0 Å². The van der Waals surface area contributed by atoms with Gasteiger partial charge in [0.05, 0.1) is 12.4 Å². The zero-order valence-corrected chi connectivity index (χ0v) is 9.85. The fourth-order valence-corrected chi connectivity index (χ4v) is 1.24. The highest BCUT2D eigenvalue weighted by molar-refractivity contribution is 9.10. The molecule has 0 saturated carbocycles. The molecule has 0 spiro atoms. The molecular weight excluding hydrogens is 276 g/mol. The minimum absolute atomic E-state index is 0.210. The molecule has 0 unspecified atom stereocenters. The first-order valence-corrected chi connectivity index (χ1v) is 5.16. The van der Waals surface area contributed by atoms with E-state index < -0.39 is 0 Å². The van der Waals surface area contributed by atoms with Crippen molar-refractivity contribution >= 4 is 27.7 Å². The van der Waals surface area contributed by atoms with Crippen molar-refractivity contribution in [2.75, 3.05) is 5.32 Å². The van der Waals surface area contributed by atoms with Crippen LogP contribution in [0.4, 0.5) is 5.82 Å². The Morgan fingerprint density at radius 1 is 1.44 bits per heavy atom. The summed E-state index contributed by atoms with van der Waals surface area (Å²) in [6.45, 7) is 1.71. The SMILES string of the molecule is Cc1cc(C(=O)Nc2cnc(Br)cn2)no1. The maximum atomic E-state index is 11.6. The normalized spacial score (nSPS) is 10.1. The topological polar surface area (TPSA) is 80.9 Å². The molecule has 0 aliphatic rings. The van der Waals surface area contributed by atoms with Crippen molar-refractivity contribution in [3.8, 4) is 0 Å². The van der Waals surface area contributed by atoms with E-state index >= 15 is 0 Å². The second-order valence-corrected chi connectivity index (χ2v) is 3.81. The van der Waals surface area contributed by atoms with Crippen LogP contribution in [0.2, 0.25) is 0 Å². The number of halogens is 1. The summed E-state index contributed by atoms with van der Waals surface area (Å²) in [6.07, 6.45) is 2.93. The fourth-order valence-electron chi connectivity index (χ4n) is 1.03. The molecule has 0 aromatic carbocycles. The Bertz CT molecular complexity index is 508. The molecular formula is C9H7BrN4O2. The van der Waals surface area contributed by atoms with Gasteiger partial charge in [-0.15, -0.1) is 0 Å². The third-order valence-corrected chi connectivity index (χ3v) is 2.13. The van der Waals surface area contributed by atoms with Crippen LogP contribution in [0.3, 0.4) is 0 Å². The lowest BCUT2D eigenvalue weighted by molar-refractivity contribution is 0.101.